The highest BCUT2D eigenvalue weighted by molar-refractivity contribution is 7.89. The Labute approximate surface area is 161 Å². The van der Waals surface area contributed by atoms with Gasteiger partial charge in [0.05, 0.1) is 12.3 Å². The van der Waals surface area contributed by atoms with Gasteiger partial charge in [0.15, 0.2) is 5.96 Å². The Hall–Kier alpha value is -1.51. The number of nitrogens with one attached hydrogen (secondary N) is 2. The second kappa shape index (κ2) is 11.3. The van der Waals surface area contributed by atoms with E-state index in [0.29, 0.717) is 30.6 Å². The molecule has 0 radical (unpaired) electrons. The van der Waals surface area contributed by atoms with Crippen molar-refractivity contribution in [2.24, 2.45) is 4.99 Å². The van der Waals surface area contributed by atoms with E-state index in [9.17, 15) is 8.42 Å². The molecule has 0 fully saturated rings. The van der Waals surface area contributed by atoms with Crippen LogP contribution in [0.2, 0.25) is 5.02 Å². The number of hydrogen-bond acceptors (Lipinski definition) is 4. The van der Waals surface area contributed by atoms with Crippen LogP contribution in [0, 0.1) is 0 Å². The zero-order valence-corrected chi connectivity index (χ0v) is 17.4. The number of nitrogens with zero attached hydrogens (tertiary/aromatic N) is 2. The maximum absolute atomic E-state index is 12.2. The molecule has 0 aromatic heterocycles. The van der Waals surface area contributed by atoms with Crippen LogP contribution in [0.25, 0.3) is 0 Å². The lowest BCUT2D eigenvalue weighted by molar-refractivity contribution is 0.224. The third kappa shape index (κ3) is 7.80. The van der Waals surface area contributed by atoms with Crippen LogP contribution in [0.5, 0.6) is 5.75 Å². The summed E-state index contributed by atoms with van der Waals surface area (Å²) in [6, 6.07) is 7.16. The summed E-state index contributed by atoms with van der Waals surface area (Å²) in [7, 11) is -1.61. The fourth-order valence-corrected chi connectivity index (χ4v) is 3.82. The van der Waals surface area contributed by atoms with Crippen molar-refractivity contribution < 1.29 is 13.2 Å². The third-order valence-corrected chi connectivity index (χ3v) is 5.96. The third-order valence-electron chi connectivity index (χ3n) is 3.68. The molecule has 0 aliphatic carbocycles. The van der Waals surface area contributed by atoms with Crippen molar-refractivity contribution in [1.82, 2.24) is 14.9 Å². The molecule has 2 N–H and O–H groups in total. The fourth-order valence-electron chi connectivity index (χ4n) is 2.29. The molecule has 0 saturated heterocycles. The van der Waals surface area contributed by atoms with Gasteiger partial charge in [0.2, 0.25) is 10.0 Å². The first-order valence-corrected chi connectivity index (χ1v) is 10.7. The zero-order chi connectivity index (χ0) is 19.6. The van der Waals surface area contributed by atoms with Crippen LogP contribution in [0.3, 0.4) is 0 Å². The molecule has 0 bridgehead atoms. The SMILES string of the molecule is CCN(CC)S(=O)(=O)CCNC(=NC)NCC(C)Oc1ccc(Cl)cc1. The van der Waals surface area contributed by atoms with Gasteiger partial charge < -0.3 is 15.4 Å². The van der Waals surface area contributed by atoms with Crippen LogP contribution in [-0.2, 0) is 10.0 Å². The van der Waals surface area contributed by atoms with Crippen molar-refractivity contribution in [3.63, 3.8) is 0 Å². The highest BCUT2D eigenvalue weighted by Gasteiger charge is 2.18. The van der Waals surface area contributed by atoms with Crippen LogP contribution in [0.4, 0.5) is 0 Å². The van der Waals surface area contributed by atoms with Crippen molar-refractivity contribution in [3.8, 4) is 5.75 Å². The van der Waals surface area contributed by atoms with Crippen LogP contribution in [0.1, 0.15) is 20.8 Å². The molecule has 0 saturated carbocycles. The van der Waals surface area contributed by atoms with E-state index < -0.39 is 10.0 Å². The van der Waals surface area contributed by atoms with Crippen LogP contribution >= 0.6 is 11.6 Å². The topological polar surface area (TPSA) is 83.0 Å². The highest BCUT2D eigenvalue weighted by Crippen LogP contribution is 2.16. The van der Waals surface area contributed by atoms with Crippen molar-refractivity contribution in [2.75, 3.05) is 39.0 Å². The molecule has 26 heavy (non-hydrogen) atoms. The molecule has 1 rings (SSSR count). The molecule has 0 heterocycles. The van der Waals surface area contributed by atoms with E-state index in [-0.39, 0.29) is 18.4 Å². The molecule has 1 atom stereocenters. The monoisotopic (exact) mass is 404 g/mol. The van der Waals surface area contributed by atoms with Crippen molar-refractivity contribution in [1.29, 1.82) is 0 Å². The summed E-state index contributed by atoms with van der Waals surface area (Å²) in [5.74, 6) is 1.29. The minimum Gasteiger partial charge on any atom is -0.489 e. The predicted molar refractivity (Wildman–Crippen MR) is 108 cm³/mol. The maximum Gasteiger partial charge on any atom is 0.215 e. The van der Waals surface area contributed by atoms with E-state index in [4.69, 9.17) is 16.3 Å². The van der Waals surface area contributed by atoms with Gasteiger partial charge in [-0.1, -0.05) is 25.4 Å². The van der Waals surface area contributed by atoms with Gasteiger partial charge in [-0.2, -0.15) is 0 Å². The summed E-state index contributed by atoms with van der Waals surface area (Å²) in [5.41, 5.74) is 0. The summed E-state index contributed by atoms with van der Waals surface area (Å²) in [5, 5.41) is 6.80. The average Bonchev–Trinajstić information content (AvgIpc) is 2.60. The molecule has 0 aliphatic heterocycles. The predicted octanol–water partition coefficient (Wildman–Crippen LogP) is 1.94. The lowest BCUT2D eigenvalue weighted by atomic mass is 10.3. The molecule has 0 aliphatic rings. The van der Waals surface area contributed by atoms with Crippen LogP contribution in [-0.4, -0.2) is 63.8 Å². The Kier molecular flexibility index (Phi) is 9.75. The average molecular weight is 405 g/mol. The highest BCUT2D eigenvalue weighted by atomic mass is 35.5. The van der Waals surface area contributed by atoms with E-state index in [2.05, 4.69) is 15.6 Å². The number of halogens is 1. The van der Waals surface area contributed by atoms with Gasteiger partial charge in [0, 0.05) is 31.7 Å². The van der Waals surface area contributed by atoms with Gasteiger partial charge in [0.1, 0.15) is 11.9 Å². The van der Waals surface area contributed by atoms with E-state index in [1.165, 1.54) is 4.31 Å². The number of aliphatic imine (C=N–C) groups is 1. The largest absolute Gasteiger partial charge is 0.489 e. The van der Waals surface area contributed by atoms with Crippen molar-refractivity contribution in [2.45, 2.75) is 26.9 Å². The Morgan fingerprint density at radius 3 is 2.38 bits per heavy atom. The van der Waals surface area contributed by atoms with E-state index in [1.54, 1.807) is 19.2 Å². The lowest BCUT2D eigenvalue weighted by Gasteiger charge is -2.20. The van der Waals surface area contributed by atoms with E-state index in [0.717, 1.165) is 5.75 Å². The normalized spacial score (nSPS) is 13.5. The second-order valence-corrected chi connectivity index (χ2v) is 8.19. The quantitative estimate of drug-likeness (QED) is 0.460. The summed E-state index contributed by atoms with van der Waals surface area (Å²) >= 11 is 5.85. The molecule has 148 valence electrons. The Morgan fingerprint density at radius 1 is 1.23 bits per heavy atom. The van der Waals surface area contributed by atoms with Crippen molar-refractivity contribution >= 4 is 27.6 Å². The Balaban J connectivity index is 2.39. The smallest absolute Gasteiger partial charge is 0.215 e. The number of sulfonamides is 1. The number of hydrogen-bond donors (Lipinski definition) is 2. The fraction of sp³-hybridized carbons (Fsp3) is 0.588. The summed E-state index contributed by atoms with van der Waals surface area (Å²) in [6.07, 6.45) is -0.103. The van der Waals surface area contributed by atoms with Gasteiger partial charge in [0.25, 0.3) is 0 Å². The molecular formula is C17H29ClN4O3S. The standard InChI is InChI=1S/C17H29ClN4O3S/c1-5-22(6-2)26(23,24)12-11-20-17(19-4)21-13-14(3)25-16-9-7-15(18)8-10-16/h7-10,14H,5-6,11-13H2,1-4H3,(H2,19,20,21). The maximum atomic E-state index is 12.2. The first kappa shape index (κ1) is 22.5. The van der Waals surface area contributed by atoms with Gasteiger partial charge in [-0.25, -0.2) is 12.7 Å². The molecule has 1 aromatic rings. The van der Waals surface area contributed by atoms with E-state index in [1.807, 2.05) is 32.9 Å². The van der Waals surface area contributed by atoms with Crippen LogP contribution in [0.15, 0.2) is 29.3 Å². The number of benzene rings is 1. The minimum absolute atomic E-state index is 0.0200. The first-order chi connectivity index (χ1) is 12.3. The number of ether oxygens (including phenoxy) is 1. The van der Waals surface area contributed by atoms with Gasteiger partial charge in [-0.3, -0.25) is 4.99 Å². The van der Waals surface area contributed by atoms with Gasteiger partial charge in [-0.15, -0.1) is 0 Å². The van der Waals surface area contributed by atoms with E-state index >= 15 is 0 Å². The first-order valence-electron chi connectivity index (χ1n) is 8.66. The number of guanidine groups is 1. The van der Waals surface area contributed by atoms with Gasteiger partial charge >= 0.3 is 0 Å². The summed E-state index contributed by atoms with van der Waals surface area (Å²) in [4.78, 5) is 4.10. The second-order valence-electron chi connectivity index (χ2n) is 5.66. The molecule has 0 spiro atoms. The molecule has 0 amide bonds. The Morgan fingerprint density at radius 2 is 1.85 bits per heavy atom. The zero-order valence-electron chi connectivity index (χ0n) is 15.8. The molecule has 1 aromatic carbocycles. The summed E-state index contributed by atoms with van der Waals surface area (Å²) < 4.78 is 31.5. The Bertz CT molecular complexity index is 661. The lowest BCUT2D eigenvalue weighted by Crippen LogP contribution is -2.44. The van der Waals surface area contributed by atoms with Crippen LogP contribution < -0.4 is 15.4 Å². The van der Waals surface area contributed by atoms with Gasteiger partial charge in [-0.05, 0) is 31.2 Å². The van der Waals surface area contributed by atoms with Crippen molar-refractivity contribution in [3.05, 3.63) is 29.3 Å². The molecule has 9 heteroatoms. The molecular weight excluding hydrogens is 376 g/mol. The minimum atomic E-state index is -3.25. The molecule has 7 nitrogen and oxygen atoms in total. The summed E-state index contributed by atoms with van der Waals surface area (Å²) in [6.45, 7) is 7.35. The molecule has 1 unspecified atom stereocenters. The number of rotatable bonds is 10.